The molecule has 1 heterocycles. The first-order valence-electron chi connectivity index (χ1n) is 9.45. The summed E-state index contributed by atoms with van der Waals surface area (Å²) in [5, 5.41) is 5.36. The molecule has 0 unspecified atom stereocenters. The molecular formula is C23H24N2O2S. The molecule has 1 amide bonds. The molecule has 0 radical (unpaired) electrons. The average molecular weight is 393 g/mol. The maximum Gasteiger partial charge on any atom is 0.250 e. The van der Waals surface area contributed by atoms with Crippen LogP contribution in [0.5, 0.6) is 5.75 Å². The number of nitrogens with zero attached hydrogens (tertiary/aromatic N) is 1. The van der Waals surface area contributed by atoms with Crippen molar-refractivity contribution in [1.82, 2.24) is 4.98 Å². The Hall–Kier alpha value is -2.92. The molecule has 0 fully saturated rings. The van der Waals surface area contributed by atoms with Gasteiger partial charge < -0.3 is 4.74 Å². The van der Waals surface area contributed by atoms with Crippen LogP contribution in [0.25, 0.3) is 17.3 Å². The largest absolute Gasteiger partial charge is 0.493 e. The molecule has 0 saturated heterocycles. The number of hydrogen-bond acceptors (Lipinski definition) is 4. The molecular weight excluding hydrogens is 368 g/mol. The van der Waals surface area contributed by atoms with Gasteiger partial charge in [-0.15, -0.1) is 11.3 Å². The normalized spacial score (nSPS) is 10.9. The minimum Gasteiger partial charge on any atom is -0.493 e. The SMILES string of the molecule is CCCOc1ccccc1C=CC(=O)Nc1nc(-c2ccc(CC)cc2)cs1. The molecule has 0 aliphatic carbocycles. The number of hydrogen-bond donors (Lipinski definition) is 1. The fourth-order valence-corrected chi connectivity index (χ4v) is 3.37. The van der Waals surface area contributed by atoms with E-state index in [2.05, 4.69) is 48.4 Å². The van der Waals surface area contributed by atoms with Crippen molar-refractivity contribution in [1.29, 1.82) is 0 Å². The van der Waals surface area contributed by atoms with Gasteiger partial charge in [0, 0.05) is 22.6 Å². The molecule has 1 N–H and O–H groups in total. The number of carbonyl (C=O) groups excluding carboxylic acids is 1. The zero-order valence-corrected chi connectivity index (χ0v) is 17.0. The van der Waals surface area contributed by atoms with Crippen molar-refractivity contribution in [2.24, 2.45) is 0 Å². The number of thiazole rings is 1. The van der Waals surface area contributed by atoms with Crippen LogP contribution in [0.15, 0.2) is 60.0 Å². The third-order valence-corrected chi connectivity index (χ3v) is 4.94. The highest BCUT2D eigenvalue weighted by Crippen LogP contribution is 2.25. The summed E-state index contributed by atoms with van der Waals surface area (Å²) in [6, 6.07) is 16.0. The van der Waals surface area contributed by atoms with Crippen LogP contribution in [-0.4, -0.2) is 17.5 Å². The highest BCUT2D eigenvalue weighted by atomic mass is 32.1. The summed E-state index contributed by atoms with van der Waals surface area (Å²) < 4.78 is 5.71. The first-order valence-corrected chi connectivity index (χ1v) is 10.3. The highest BCUT2D eigenvalue weighted by molar-refractivity contribution is 7.14. The zero-order valence-electron chi connectivity index (χ0n) is 16.1. The molecule has 0 spiro atoms. The van der Waals surface area contributed by atoms with Crippen molar-refractivity contribution in [3.63, 3.8) is 0 Å². The van der Waals surface area contributed by atoms with Crippen molar-refractivity contribution in [2.45, 2.75) is 26.7 Å². The number of rotatable bonds is 8. The van der Waals surface area contributed by atoms with Crippen molar-refractivity contribution >= 4 is 28.5 Å². The fourth-order valence-electron chi connectivity index (χ4n) is 2.65. The maximum atomic E-state index is 12.3. The number of benzene rings is 2. The van der Waals surface area contributed by atoms with Gasteiger partial charge in [-0.1, -0.05) is 56.3 Å². The van der Waals surface area contributed by atoms with Gasteiger partial charge in [-0.3, -0.25) is 10.1 Å². The molecule has 3 aromatic rings. The molecule has 144 valence electrons. The lowest BCUT2D eigenvalue weighted by Crippen LogP contribution is -2.07. The molecule has 1 aromatic heterocycles. The topological polar surface area (TPSA) is 51.2 Å². The van der Waals surface area contributed by atoms with Crippen LogP contribution in [0.3, 0.4) is 0 Å². The summed E-state index contributed by atoms with van der Waals surface area (Å²) in [6.07, 6.45) is 5.22. The van der Waals surface area contributed by atoms with E-state index in [1.165, 1.54) is 23.0 Å². The Morgan fingerprint density at radius 3 is 2.68 bits per heavy atom. The molecule has 28 heavy (non-hydrogen) atoms. The van der Waals surface area contributed by atoms with Crippen molar-refractivity contribution < 1.29 is 9.53 Å². The minimum atomic E-state index is -0.215. The van der Waals surface area contributed by atoms with Gasteiger partial charge in [0.2, 0.25) is 5.91 Å². The van der Waals surface area contributed by atoms with Crippen LogP contribution >= 0.6 is 11.3 Å². The van der Waals surface area contributed by atoms with Gasteiger partial charge in [0.15, 0.2) is 5.13 Å². The number of anilines is 1. The van der Waals surface area contributed by atoms with E-state index in [0.717, 1.165) is 35.4 Å². The van der Waals surface area contributed by atoms with Crippen LogP contribution in [0.1, 0.15) is 31.4 Å². The fraction of sp³-hybridized carbons (Fsp3) is 0.217. The summed E-state index contributed by atoms with van der Waals surface area (Å²) in [4.78, 5) is 16.8. The average Bonchev–Trinajstić information content (AvgIpc) is 3.19. The van der Waals surface area contributed by atoms with E-state index in [1.54, 1.807) is 6.08 Å². The van der Waals surface area contributed by atoms with E-state index in [9.17, 15) is 4.79 Å². The Bertz CT molecular complexity index is 945. The number of carbonyl (C=O) groups is 1. The predicted octanol–water partition coefficient (Wildman–Crippen LogP) is 5.81. The second kappa shape index (κ2) is 9.85. The Kier molecular flexibility index (Phi) is 6.98. The first kappa shape index (κ1) is 19.8. The lowest BCUT2D eigenvalue weighted by atomic mass is 10.1. The summed E-state index contributed by atoms with van der Waals surface area (Å²) in [5.74, 6) is 0.563. The van der Waals surface area contributed by atoms with Gasteiger partial charge >= 0.3 is 0 Å². The molecule has 4 nitrogen and oxygen atoms in total. The zero-order chi connectivity index (χ0) is 19.8. The van der Waals surface area contributed by atoms with Crippen LogP contribution in [0, 0.1) is 0 Å². The quantitative estimate of drug-likeness (QED) is 0.492. The molecule has 2 aromatic carbocycles. The standard InChI is InChI=1S/C23H24N2O2S/c1-3-15-27-21-8-6-5-7-19(21)13-14-22(26)25-23-24-20(16-28-23)18-11-9-17(4-2)10-12-18/h5-14,16H,3-4,15H2,1-2H3,(H,24,25,26). The van der Waals surface area contributed by atoms with Gasteiger partial charge in [0.25, 0.3) is 0 Å². The number of ether oxygens (including phenoxy) is 1. The summed E-state index contributed by atoms with van der Waals surface area (Å²) >= 11 is 1.42. The Labute approximate surface area is 169 Å². The van der Waals surface area contributed by atoms with E-state index in [0.29, 0.717) is 11.7 Å². The Balaban J connectivity index is 1.64. The third-order valence-electron chi connectivity index (χ3n) is 4.19. The monoisotopic (exact) mass is 392 g/mol. The van der Waals surface area contributed by atoms with Crippen molar-refractivity contribution in [3.8, 4) is 17.0 Å². The van der Waals surface area contributed by atoms with Crippen LogP contribution in [0.4, 0.5) is 5.13 Å². The van der Waals surface area contributed by atoms with E-state index in [1.807, 2.05) is 29.6 Å². The Morgan fingerprint density at radius 1 is 1.14 bits per heavy atom. The Morgan fingerprint density at radius 2 is 1.93 bits per heavy atom. The number of amides is 1. The first-order chi connectivity index (χ1) is 13.7. The smallest absolute Gasteiger partial charge is 0.250 e. The van der Waals surface area contributed by atoms with Crippen molar-refractivity contribution in [2.75, 3.05) is 11.9 Å². The lowest BCUT2D eigenvalue weighted by molar-refractivity contribution is -0.111. The van der Waals surface area contributed by atoms with Gasteiger partial charge in [-0.05, 0) is 30.5 Å². The van der Waals surface area contributed by atoms with E-state index < -0.39 is 0 Å². The van der Waals surface area contributed by atoms with Crippen molar-refractivity contribution in [3.05, 3.63) is 71.1 Å². The lowest BCUT2D eigenvalue weighted by Gasteiger charge is -2.07. The second-order valence-corrected chi connectivity index (χ2v) is 7.16. The summed E-state index contributed by atoms with van der Waals surface area (Å²) in [5.41, 5.74) is 4.08. The van der Waals surface area contributed by atoms with Crippen LogP contribution in [0.2, 0.25) is 0 Å². The van der Waals surface area contributed by atoms with E-state index >= 15 is 0 Å². The molecule has 0 aliphatic rings. The molecule has 0 bridgehead atoms. The van der Waals surface area contributed by atoms with Gasteiger partial charge in [-0.2, -0.15) is 0 Å². The third kappa shape index (κ3) is 5.30. The molecule has 0 aliphatic heterocycles. The van der Waals surface area contributed by atoms with E-state index in [4.69, 9.17) is 4.74 Å². The molecule has 3 rings (SSSR count). The predicted molar refractivity (Wildman–Crippen MR) is 117 cm³/mol. The number of aromatic nitrogens is 1. The van der Waals surface area contributed by atoms with E-state index in [-0.39, 0.29) is 5.91 Å². The van der Waals surface area contributed by atoms with Gasteiger partial charge in [0.05, 0.1) is 12.3 Å². The number of aryl methyl sites for hydroxylation is 1. The molecule has 0 saturated carbocycles. The molecule has 0 atom stereocenters. The van der Waals surface area contributed by atoms with Crippen LogP contribution in [-0.2, 0) is 11.2 Å². The molecule has 5 heteroatoms. The summed E-state index contributed by atoms with van der Waals surface area (Å²) in [6.45, 7) is 4.85. The highest BCUT2D eigenvalue weighted by Gasteiger charge is 2.07. The number of para-hydroxylation sites is 1. The second-order valence-electron chi connectivity index (χ2n) is 6.30. The number of nitrogens with one attached hydrogen (secondary N) is 1. The van der Waals surface area contributed by atoms with Gasteiger partial charge in [0.1, 0.15) is 5.75 Å². The minimum absolute atomic E-state index is 0.215. The summed E-state index contributed by atoms with van der Waals surface area (Å²) in [7, 11) is 0. The van der Waals surface area contributed by atoms with Crippen LogP contribution < -0.4 is 10.1 Å². The van der Waals surface area contributed by atoms with Gasteiger partial charge in [-0.25, -0.2) is 4.98 Å². The maximum absolute atomic E-state index is 12.3.